The molecular weight excluding hydrogens is 368 g/mol. The molecule has 0 radical (unpaired) electrons. The van der Waals surface area contributed by atoms with Crippen LogP contribution < -0.4 is 10.5 Å². The van der Waals surface area contributed by atoms with E-state index in [0.29, 0.717) is 11.4 Å². The number of benzene rings is 1. The standard InChI is InChI=1S/C19H18N2O2S.2C2H6/c1-11(22)16-10-14(18-4-3-7-24-18)19-13-9-15(20)17(23-2)8-12(13)5-6-21(16)19;2*1-2/h3-4,7-10H,5-6,20H2,1-2H3;2*1-2H3. The van der Waals surface area contributed by atoms with Gasteiger partial charge in [0.25, 0.3) is 0 Å². The summed E-state index contributed by atoms with van der Waals surface area (Å²) < 4.78 is 7.49. The lowest BCUT2D eigenvalue weighted by molar-refractivity contribution is 0.100. The second-order valence-corrected chi connectivity index (χ2v) is 6.93. The van der Waals surface area contributed by atoms with E-state index in [1.165, 1.54) is 5.56 Å². The van der Waals surface area contributed by atoms with Crippen molar-refractivity contribution in [3.63, 3.8) is 0 Å². The second-order valence-electron chi connectivity index (χ2n) is 5.98. The summed E-state index contributed by atoms with van der Waals surface area (Å²) in [4.78, 5) is 13.3. The molecular formula is C23H30N2O2S. The molecule has 2 aromatic heterocycles. The van der Waals surface area contributed by atoms with Gasteiger partial charge in [0.1, 0.15) is 5.75 Å². The Balaban J connectivity index is 0.000000660. The number of hydrogen-bond donors (Lipinski definition) is 1. The molecule has 0 unspecified atom stereocenters. The zero-order valence-electron chi connectivity index (χ0n) is 17.6. The molecule has 1 aliphatic rings. The van der Waals surface area contributed by atoms with Gasteiger partial charge in [0.2, 0.25) is 0 Å². The van der Waals surface area contributed by atoms with Crippen LogP contribution in [0.4, 0.5) is 5.69 Å². The second kappa shape index (κ2) is 9.60. The number of Topliss-reactive ketones (excluding diaryl/α,β-unsaturated/α-hetero) is 1. The molecule has 150 valence electrons. The lowest BCUT2D eigenvalue weighted by Crippen LogP contribution is -2.15. The number of carbonyl (C=O) groups is 1. The van der Waals surface area contributed by atoms with E-state index in [2.05, 4.69) is 16.0 Å². The van der Waals surface area contributed by atoms with Gasteiger partial charge in [-0.25, -0.2) is 0 Å². The Labute approximate surface area is 172 Å². The summed E-state index contributed by atoms with van der Waals surface area (Å²) in [6.45, 7) is 10.4. The number of ketones is 1. The van der Waals surface area contributed by atoms with E-state index in [0.717, 1.165) is 40.4 Å². The number of rotatable bonds is 3. The largest absolute Gasteiger partial charge is 0.495 e. The third kappa shape index (κ3) is 3.85. The number of thiophene rings is 1. The van der Waals surface area contributed by atoms with Crippen LogP contribution in [-0.4, -0.2) is 17.5 Å². The van der Waals surface area contributed by atoms with Crippen LogP contribution in [0.5, 0.6) is 5.75 Å². The third-order valence-corrected chi connectivity index (χ3v) is 5.46. The Kier molecular flexibility index (Phi) is 7.46. The smallest absolute Gasteiger partial charge is 0.176 e. The van der Waals surface area contributed by atoms with Gasteiger partial charge in [-0.3, -0.25) is 4.79 Å². The topological polar surface area (TPSA) is 57.2 Å². The van der Waals surface area contributed by atoms with Crippen LogP contribution in [0.15, 0.2) is 35.7 Å². The molecule has 4 nitrogen and oxygen atoms in total. The lowest BCUT2D eigenvalue weighted by atomic mass is 9.95. The fourth-order valence-corrected chi connectivity index (χ4v) is 4.20. The normalized spacial score (nSPS) is 11.2. The molecule has 1 aliphatic heterocycles. The molecule has 5 heteroatoms. The molecule has 0 fully saturated rings. The quantitative estimate of drug-likeness (QED) is 0.417. The van der Waals surface area contributed by atoms with Crippen LogP contribution in [0, 0.1) is 0 Å². The zero-order chi connectivity index (χ0) is 20.8. The molecule has 0 bridgehead atoms. The van der Waals surface area contributed by atoms with Gasteiger partial charge < -0.3 is 15.0 Å². The lowest BCUT2D eigenvalue weighted by Gasteiger charge is -2.23. The van der Waals surface area contributed by atoms with E-state index in [4.69, 9.17) is 10.5 Å². The van der Waals surface area contributed by atoms with Gasteiger partial charge in [0.05, 0.1) is 24.2 Å². The van der Waals surface area contributed by atoms with Crippen LogP contribution in [0.2, 0.25) is 0 Å². The molecule has 2 N–H and O–H groups in total. The minimum Gasteiger partial charge on any atom is -0.495 e. The minimum atomic E-state index is 0.0870. The van der Waals surface area contributed by atoms with Crippen LogP contribution in [0.1, 0.15) is 50.7 Å². The summed E-state index contributed by atoms with van der Waals surface area (Å²) in [5.74, 6) is 0.794. The highest BCUT2D eigenvalue weighted by atomic mass is 32.1. The van der Waals surface area contributed by atoms with Gasteiger partial charge in [-0.1, -0.05) is 33.8 Å². The van der Waals surface area contributed by atoms with E-state index < -0.39 is 0 Å². The molecule has 0 spiro atoms. The summed E-state index contributed by atoms with van der Waals surface area (Å²) in [7, 11) is 1.63. The van der Waals surface area contributed by atoms with Gasteiger partial charge in [-0.15, -0.1) is 11.3 Å². The highest BCUT2D eigenvalue weighted by Crippen LogP contribution is 2.43. The predicted molar refractivity (Wildman–Crippen MR) is 121 cm³/mol. The number of anilines is 1. The fourth-order valence-electron chi connectivity index (χ4n) is 3.46. The first-order valence-corrected chi connectivity index (χ1v) is 10.7. The number of nitrogens with zero attached hydrogens (tertiary/aromatic N) is 1. The van der Waals surface area contributed by atoms with Crippen molar-refractivity contribution in [2.45, 2.75) is 47.6 Å². The van der Waals surface area contributed by atoms with Gasteiger partial charge >= 0.3 is 0 Å². The zero-order valence-corrected chi connectivity index (χ0v) is 18.4. The van der Waals surface area contributed by atoms with Crippen LogP contribution in [0.3, 0.4) is 0 Å². The Morgan fingerprint density at radius 1 is 1.14 bits per heavy atom. The van der Waals surface area contributed by atoms with Crippen LogP contribution in [0.25, 0.3) is 21.7 Å². The Bertz CT molecular complexity index is 940. The van der Waals surface area contributed by atoms with Crippen molar-refractivity contribution in [3.8, 4) is 27.4 Å². The highest BCUT2D eigenvalue weighted by molar-refractivity contribution is 7.13. The summed E-state index contributed by atoms with van der Waals surface area (Å²) in [5, 5.41) is 2.05. The number of fused-ring (bicyclic) bond motifs is 3. The Morgan fingerprint density at radius 3 is 2.43 bits per heavy atom. The highest BCUT2D eigenvalue weighted by Gasteiger charge is 2.26. The molecule has 0 saturated carbocycles. The van der Waals surface area contributed by atoms with E-state index >= 15 is 0 Å². The summed E-state index contributed by atoms with van der Waals surface area (Å²) in [6.07, 6.45) is 0.859. The van der Waals surface area contributed by atoms with E-state index in [1.54, 1.807) is 25.4 Å². The molecule has 3 heterocycles. The number of methoxy groups -OCH3 is 1. The summed E-state index contributed by atoms with van der Waals surface area (Å²) >= 11 is 1.68. The molecule has 0 atom stereocenters. The minimum absolute atomic E-state index is 0.0870. The first-order valence-electron chi connectivity index (χ1n) is 9.85. The van der Waals surface area contributed by atoms with E-state index in [-0.39, 0.29) is 5.78 Å². The molecule has 0 saturated heterocycles. The Morgan fingerprint density at radius 2 is 1.86 bits per heavy atom. The van der Waals surface area contributed by atoms with E-state index in [1.807, 2.05) is 52.0 Å². The van der Waals surface area contributed by atoms with Crippen molar-refractivity contribution in [1.82, 2.24) is 4.57 Å². The summed E-state index contributed by atoms with van der Waals surface area (Å²) in [6, 6.07) is 10.1. The summed E-state index contributed by atoms with van der Waals surface area (Å²) in [5.41, 5.74) is 12.0. The van der Waals surface area contributed by atoms with E-state index in [9.17, 15) is 4.79 Å². The van der Waals surface area contributed by atoms with Crippen molar-refractivity contribution < 1.29 is 9.53 Å². The van der Waals surface area contributed by atoms with Gasteiger partial charge in [-0.2, -0.15) is 0 Å². The number of nitrogens with two attached hydrogens (primary N) is 1. The maximum Gasteiger partial charge on any atom is 0.176 e. The van der Waals surface area contributed by atoms with Crippen molar-refractivity contribution in [1.29, 1.82) is 0 Å². The van der Waals surface area contributed by atoms with Crippen molar-refractivity contribution in [2.24, 2.45) is 0 Å². The first kappa shape index (κ1) is 21.8. The molecule has 0 amide bonds. The maximum atomic E-state index is 12.1. The average molecular weight is 399 g/mol. The number of nitrogen functional groups attached to an aromatic ring is 1. The van der Waals surface area contributed by atoms with Gasteiger partial charge in [0.15, 0.2) is 5.78 Å². The van der Waals surface area contributed by atoms with Crippen molar-refractivity contribution >= 4 is 22.8 Å². The molecule has 3 aromatic rings. The van der Waals surface area contributed by atoms with Crippen molar-refractivity contribution in [2.75, 3.05) is 12.8 Å². The van der Waals surface area contributed by atoms with Crippen molar-refractivity contribution in [3.05, 3.63) is 47.0 Å². The number of carbonyl (C=O) groups excluding carboxylic acids is 1. The molecule has 1 aromatic carbocycles. The monoisotopic (exact) mass is 398 g/mol. The predicted octanol–water partition coefficient (Wildman–Crippen LogP) is 6.29. The molecule has 4 rings (SSSR count). The fraction of sp³-hybridized carbons (Fsp3) is 0.348. The first-order chi connectivity index (χ1) is 13.6. The number of ether oxygens (including phenoxy) is 1. The van der Waals surface area contributed by atoms with Gasteiger partial charge in [-0.05, 0) is 41.6 Å². The van der Waals surface area contributed by atoms with Crippen LogP contribution in [-0.2, 0) is 13.0 Å². The van der Waals surface area contributed by atoms with Crippen LogP contribution >= 0.6 is 11.3 Å². The average Bonchev–Trinajstić information content (AvgIpc) is 3.38. The maximum absolute atomic E-state index is 12.1. The molecule has 28 heavy (non-hydrogen) atoms. The van der Waals surface area contributed by atoms with Gasteiger partial charge in [0, 0.05) is 29.5 Å². The third-order valence-electron chi connectivity index (χ3n) is 4.56. The number of hydrogen-bond acceptors (Lipinski definition) is 4. The Hall–Kier alpha value is -2.53. The number of aromatic nitrogens is 1. The molecule has 0 aliphatic carbocycles. The SMILES string of the molecule is CC.CC.COc1cc2c(cc1N)-c1c(-c3cccs3)cc(C(C)=O)n1CC2. The number of aryl methyl sites for hydroxylation is 1.